The fourth-order valence-electron chi connectivity index (χ4n) is 2.02. The van der Waals surface area contributed by atoms with Crippen molar-refractivity contribution in [2.75, 3.05) is 6.54 Å². The van der Waals surface area contributed by atoms with Gasteiger partial charge in [-0.1, -0.05) is 0 Å². The number of aryl methyl sites for hydroxylation is 2. The van der Waals surface area contributed by atoms with Crippen LogP contribution in [0.2, 0.25) is 0 Å². The number of hydrogen-bond donors (Lipinski definition) is 2. The number of piperazine rings is 1. The topological polar surface area (TPSA) is 59.0 Å². The van der Waals surface area contributed by atoms with Crippen molar-refractivity contribution >= 4 is 5.91 Å². The van der Waals surface area contributed by atoms with Gasteiger partial charge in [-0.3, -0.25) is 14.8 Å². The smallest absolute Gasteiger partial charge is 0.236 e. The molecule has 1 fully saturated rings. The van der Waals surface area contributed by atoms with Gasteiger partial charge in [0.25, 0.3) is 0 Å². The minimum atomic E-state index is -0.141. The highest BCUT2D eigenvalue weighted by molar-refractivity contribution is 5.82. The number of amides is 1. The Morgan fingerprint density at radius 1 is 1.60 bits per heavy atom. The Balaban J connectivity index is 2.22. The molecule has 0 aliphatic carbocycles. The average Bonchev–Trinajstić information content (AvgIpc) is 2.52. The molecule has 5 nitrogen and oxygen atoms in total. The van der Waals surface area contributed by atoms with Crippen molar-refractivity contribution in [2.45, 2.75) is 25.9 Å². The van der Waals surface area contributed by atoms with E-state index in [1.807, 2.05) is 31.8 Å². The highest BCUT2D eigenvalue weighted by Crippen LogP contribution is 2.18. The summed E-state index contributed by atoms with van der Waals surface area (Å²) in [5.41, 5.74) is 2.29. The molecule has 1 amide bonds. The van der Waals surface area contributed by atoms with E-state index in [0.717, 1.165) is 11.3 Å². The Morgan fingerprint density at radius 2 is 2.33 bits per heavy atom. The zero-order valence-electron chi connectivity index (χ0n) is 9.24. The molecule has 1 aromatic heterocycles. The van der Waals surface area contributed by atoms with E-state index in [0.29, 0.717) is 6.54 Å². The Labute approximate surface area is 88.8 Å². The van der Waals surface area contributed by atoms with Crippen LogP contribution in [0.25, 0.3) is 0 Å². The number of nitrogens with one attached hydrogen (secondary N) is 2. The molecule has 2 rings (SSSR count). The van der Waals surface area contributed by atoms with Gasteiger partial charge in [0.1, 0.15) is 0 Å². The molecule has 82 valence electrons. The van der Waals surface area contributed by atoms with Crippen molar-refractivity contribution in [1.29, 1.82) is 0 Å². The fourth-order valence-corrected chi connectivity index (χ4v) is 2.02. The van der Waals surface area contributed by atoms with Gasteiger partial charge in [-0.05, 0) is 19.4 Å². The number of carbonyl (C=O) groups excluding carboxylic acids is 1. The summed E-state index contributed by atoms with van der Waals surface area (Å²) in [6.07, 6.45) is 1.85. The first kappa shape index (κ1) is 10.2. The molecule has 0 spiro atoms. The second kappa shape index (κ2) is 3.66. The quantitative estimate of drug-likeness (QED) is 0.676. The van der Waals surface area contributed by atoms with Gasteiger partial charge in [0.05, 0.1) is 24.0 Å². The van der Waals surface area contributed by atoms with Crippen molar-refractivity contribution in [2.24, 2.45) is 7.05 Å². The Kier molecular flexibility index (Phi) is 2.48. The fraction of sp³-hybridized carbons (Fsp3) is 0.600. The monoisotopic (exact) mass is 208 g/mol. The van der Waals surface area contributed by atoms with Gasteiger partial charge in [0, 0.05) is 13.6 Å². The molecule has 15 heavy (non-hydrogen) atoms. The van der Waals surface area contributed by atoms with Crippen LogP contribution in [-0.2, 0) is 11.8 Å². The first-order valence-corrected chi connectivity index (χ1v) is 5.12. The van der Waals surface area contributed by atoms with E-state index in [1.165, 1.54) is 0 Å². The minimum absolute atomic E-state index is 0.0612. The van der Waals surface area contributed by atoms with Gasteiger partial charge in [-0.25, -0.2) is 0 Å². The average molecular weight is 208 g/mol. The maximum absolute atomic E-state index is 11.3. The Bertz CT molecular complexity index is 365. The van der Waals surface area contributed by atoms with E-state index in [2.05, 4.69) is 15.7 Å². The molecule has 2 N–H and O–H groups in total. The van der Waals surface area contributed by atoms with E-state index in [1.54, 1.807) is 0 Å². The molecular formula is C10H16N4O. The zero-order chi connectivity index (χ0) is 11.0. The molecular weight excluding hydrogens is 192 g/mol. The van der Waals surface area contributed by atoms with Gasteiger partial charge in [0.2, 0.25) is 5.91 Å². The SMILES string of the molecule is Cc1cnn(C)c1C1CNC(=O)C(C)N1. The maximum atomic E-state index is 11.3. The third-order valence-electron chi connectivity index (χ3n) is 2.83. The predicted octanol–water partition coefficient (Wildman–Crippen LogP) is -0.122. The molecule has 2 atom stereocenters. The largest absolute Gasteiger partial charge is 0.353 e. The van der Waals surface area contributed by atoms with Crippen LogP contribution < -0.4 is 10.6 Å². The highest BCUT2D eigenvalue weighted by atomic mass is 16.2. The van der Waals surface area contributed by atoms with Crippen LogP contribution in [0.3, 0.4) is 0 Å². The number of carbonyl (C=O) groups is 1. The van der Waals surface area contributed by atoms with E-state index in [-0.39, 0.29) is 18.0 Å². The molecule has 0 bridgehead atoms. The lowest BCUT2D eigenvalue weighted by molar-refractivity contribution is -0.124. The van der Waals surface area contributed by atoms with Crippen molar-refractivity contribution in [3.05, 3.63) is 17.5 Å². The lowest BCUT2D eigenvalue weighted by atomic mass is 10.1. The van der Waals surface area contributed by atoms with Crippen LogP contribution in [0.4, 0.5) is 0 Å². The Hall–Kier alpha value is -1.36. The number of aromatic nitrogens is 2. The van der Waals surface area contributed by atoms with E-state index in [9.17, 15) is 4.79 Å². The summed E-state index contributed by atoms with van der Waals surface area (Å²) >= 11 is 0. The van der Waals surface area contributed by atoms with E-state index in [4.69, 9.17) is 0 Å². The van der Waals surface area contributed by atoms with Gasteiger partial charge in [0.15, 0.2) is 0 Å². The molecule has 5 heteroatoms. The number of hydrogen-bond acceptors (Lipinski definition) is 3. The van der Waals surface area contributed by atoms with Crippen molar-refractivity contribution in [3.8, 4) is 0 Å². The van der Waals surface area contributed by atoms with Crippen LogP contribution in [0, 0.1) is 6.92 Å². The van der Waals surface area contributed by atoms with Crippen molar-refractivity contribution < 1.29 is 4.79 Å². The third kappa shape index (κ3) is 1.74. The Morgan fingerprint density at radius 3 is 2.87 bits per heavy atom. The number of rotatable bonds is 1. The lowest BCUT2D eigenvalue weighted by Crippen LogP contribution is -2.53. The van der Waals surface area contributed by atoms with Crippen LogP contribution in [0.5, 0.6) is 0 Å². The van der Waals surface area contributed by atoms with E-state index >= 15 is 0 Å². The molecule has 1 aromatic rings. The summed E-state index contributed by atoms with van der Waals surface area (Å²) in [6, 6.07) is 0.0169. The van der Waals surface area contributed by atoms with E-state index < -0.39 is 0 Å². The molecule has 1 aliphatic rings. The number of nitrogens with zero attached hydrogens (tertiary/aromatic N) is 2. The van der Waals surface area contributed by atoms with Gasteiger partial charge in [-0.15, -0.1) is 0 Å². The van der Waals surface area contributed by atoms with Crippen LogP contribution in [-0.4, -0.2) is 28.3 Å². The molecule has 0 radical (unpaired) electrons. The van der Waals surface area contributed by atoms with Crippen molar-refractivity contribution in [3.63, 3.8) is 0 Å². The summed E-state index contributed by atoms with van der Waals surface area (Å²) in [4.78, 5) is 11.3. The van der Waals surface area contributed by atoms with Gasteiger partial charge in [-0.2, -0.15) is 5.10 Å². The third-order valence-corrected chi connectivity index (χ3v) is 2.83. The molecule has 0 aromatic carbocycles. The standard InChI is InChI=1S/C10H16N4O/c1-6-4-12-14(3)9(6)8-5-11-10(15)7(2)13-8/h4,7-8,13H,5H2,1-3H3,(H,11,15). The van der Waals surface area contributed by atoms with Crippen LogP contribution in [0.15, 0.2) is 6.20 Å². The summed E-state index contributed by atoms with van der Waals surface area (Å²) < 4.78 is 1.86. The summed E-state index contributed by atoms with van der Waals surface area (Å²) in [6.45, 7) is 4.53. The summed E-state index contributed by atoms with van der Waals surface area (Å²) in [5, 5.41) is 10.4. The van der Waals surface area contributed by atoms with Crippen molar-refractivity contribution in [1.82, 2.24) is 20.4 Å². The first-order chi connectivity index (χ1) is 7.09. The van der Waals surface area contributed by atoms with Gasteiger partial charge >= 0.3 is 0 Å². The maximum Gasteiger partial charge on any atom is 0.236 e. The van der Waals surface area contributed by atoms with Crippen LogP contribution in [0.1, 0.15) is 24.2 Å². The summed E-state index contributed by atoms with van der Waals surface area (Å²) in [5.74, 6) is 0.0612. The lowest BCUT2D eigenvalue weighted by Gasteiger charge is -2.29. The summed E-state index contributed by atoms with van der Waals surface area (Å²) in [7, 11) is 1.92. The highest BCUT2D eigenvalue weighted by Gasteiger charge is 2.27. The minimum Gasteiger partial charge on any atom is -0.353 e. The first-order valence-electron chi connectivity index (χ1n) is 5.12. The predicted molar refractivity (Wildman–Crippen MR) is 56.3 cm³/mol. The second-order valence-electron chi connectivity index (χ2n) is 4.02. The molecule has 1 saturated heterocycles. The normalized spacial score (nSPS) is 26.5. The van der Waals surface area contributed by atoms with Gasteiger partial charge < -0.3 is 5.32 Å². The van der Waals surface area contributed by atoms with Crippen LogP contribution >= 0.6 is 0 Å². The zero-order valence-corrected chi connectivity index (χ0v) is 9.24. The molecule has 2 heterocycles. The second-order valence-corrected chi connectivity index (χ2v) is 4.02. The molecule has 0 saturated carbocycles. The molecule has 2 unspecified atom stereocenters. The molecule has 1 aliphatic heterocycles.